The molecule has 3 aromatic carbocycles. The molecule has 1 aliphatic rings. The number of carbonyl (C=O) groups excluding carboxylic acids is 2. The fourth-order valence-corrected chi connectivity index (χ4v) is 3.64. The van der Waals surface area contributed by atoms with Gasteiger partial charge in [-0.1, -0.05) is 46.3 Å². The second-order valence-electron chi connectivity index (χ2n) is 6.42. The number of hydrogen-bond donors (Lipinski definition) is 1. The second kappa shape index (κ2) is 8.61. The molecule has 0 unspecified atom stereocenters. The van der Waals surface area contributed by atoms with Crippen molar-refractivity contribution in [2.24, 2.45) is 0 Å². The minimum atomic E-state index is -0.523. The summed E-state index contributed by atoms with van der Waals surface area (Å²) in [7, 11) is 0. The van der Waals surface area contributed by atoms with E-state index >= 15 is 0 Å². The van der Waals surface area contributed by atoms with Gasteiger partial charge in [0.05, 0.1) is 5.69 Å². The zero-order valence-electron chi connectivity index (χ0n) is 15.5. The number of para-hydroxylation sites is 1. The molecule has 1 N–H and O–H groups in total. The van der Waals surface area contributed by atoms with Crippen molar-refractivity contribution < 1.29 is 14.3 Å². The molecular weight excluding hydrogens is 464 g/mol. The van der Waals surface area contributed by atoms with E-state index in [4.69, 9.17) is 17.0 Å². The van der Waals surface area contributed by atoms with Crippen molar-refractivity contribution in [3.05, 3.63) is 94.5 Å². The average Bonchev–Trinajstić information content (AvgIpc) is 2.73. The Bertz CT molecular complexity index is 1160. The molecule has 3 aromatic rings. The summed E-state index contributed by atoms with van der Waals surface area (Å²) in [5.74, 6) is 0.321. The Morgan fingerprint density at radius 1 is 0.900 bits per heavy atom. The lowest BCUT2D eigenvalue weighted by atomic mass is 10.1. The molecule has 1 fully saturated rings. The van der Waals surface area contributed by atoms with Gasteiger partial charge in [-0.15, -0.1) is 0 Å². The molecule has 5 nitrogen and oxygen atoms in total. The molecule has 0 aliphatic carbocycles. The number of nitrogens with zero attached hydrogens (tertiary/aromatic N) is 1. The van der Waals surface area contributed by atoms with Crippen LogP contribution < -0.4 is 15.0 Å². The fourth-order valence-electron chi connectivity index (χ4n) is 2.94. The lowest BCUT2D eigenvalue weighted by molar-refractivity contribution is -0.122. The Labute approximate surface area is 187 Å². The van der Waals surface area contributed by atoms with Gasteiger partial charge in [0.2, 0.25) is 0 Å². The number of amides is 2. The van der Waals surface area contributed by atoms with Crippen LogP contribution in [0, 0.1) is 0 Å². The van der Waals surface area contributed by atoms with Crippen molar-refractivity contribution in [2.45, 2.75) is 0 Å². The van der Waals surface area contributed by atoms with Gasteiger partial charge in [0.15, 0.2) is 5.11 Å². The highest BCUT2D eigenvalue weighted by Gasteiger charge is 2.34. The monoisotopic (exact) mass is 478 g/mol. The molecule has 0 bridgehead atoms. The highest BCUT2D eigenvalue weighted by atomic mass is 79.9. The van der Waals surface area contributed by atoms with Gasteiger partial charge in [0.25, 0.3) is 11.8 Å². The Kier molecular flexibility index (Phi) is 5.74. The van der Waals surface area contributed by atoms with Crippen LogP contribution in [0.3, 0.4) is 0 Å². The van der Waals surface area contributed by atoms with Gasteiger partial charge in [-0.25, -0.2) is 0 Å². The number of ether oxygens (including phenoxy) is 1. The van der Waals surface area contributed by atoms with E-state index in [2.05, 4.69) is 21.2 Å². The normalized spacial score (nSPS) is 15.3. The van der Waals surface area contributed by atoms with Crippen LogP contribution in [0.25, 0.3) is 6.08 Å². The summed E-state index contributed by atoms with van der Waals surface area (Å²) in [4.78, 5) is 26.8. The standard InChI is InChI=1S/C23H15BrN2O3S/c24-16-6-4-5-15(13-16)14-20-21(27)25-23(30)26(22(20)28)17-9-11-19(12-10-17)29-18-7-2-1-3-8-18/h1-14H,(H,25,27,30). The summed E-state index contributed by atoms with van der Waals surface area (Å²) in [6.07, 6.45) is 1.55. The number of benzene rings is 3. The van der Waals surface area contributed by atoms with Crippen LogP contribution >= 0.6 is 28.1 Å². The van der Waals surface area contributed by atoms with E-state index in [1.807, 2.05) is 54.6 Å². The van der Waals surface area contributed by atoms with Gasteiger partial charge in [0, 0.05) is 4.47 Å². The van der Waals surface area contributed by atoms with E-state index in [0.717, 1.165) is 10.0 Å². The first kappa shape index (κ1) is 20.0. The quantitative estimate of drug-likeness (QED) is 0.323. The van der Waals surface area contributed by atoms with Crippen molar-refractivity contribution in [3.63, 3.8) is 0 Å². The zero-order chi connectivity index (χ0) is 21.1. The largest absolute Gasteiger partial charge is 0.457 e. The van der Waals surface area contributed by atoms with Gasteiger partial charge < -0.3 is 4.74 Å². The predicted molar refractivity (Wildman–Crippen MR) is 123 cm³/mol. The highest BCUT2D eigenvalue weighted by molar-refractivity contribution is 9.10. The molecule has 0 spiro atoms. The van der Waals surface area contributed by atoms with Crippen molar-refractivity contribution >= 4 is 56.8 Å². The molecule has 0 radical (unpaired) electrons. The van der Waals surface area contributed by atoms with Gasteiger partial charge in [0.1, 0.15) is 17.1 Å². The minimum Gasteiger partial charge on any atom is -0.457 e. The predicted octanol–water partition coefficient (Wildman–Crippen LogP) is 5.07. The third-order valence-electron chi connectivity index (χ3n) is 4.34. The molecule has 30 heavy (non-hydrogen) atoms. The first-order chi connectivity index (χ1) is 14.5. The van der Waals surface area contributed by atoms with Crippen LogP contribution in [0.5, 0.6) is 11.5 Å². The maximum atomic E-state index is 13.1. The average molecular weight is 479 g/mol. The highest BCUT2D eigenvalue weighted by Crippen LogP contribution is 2.27. The fraction of sp³-hybridized carbons (Fsp3) is 0. The molecule has 148 valence electrons. The summed E-state index contributed by atoms with van der Waals surface area (Å²) in [5, 5.41) is 2.62. The molecule has 7 heteroatoms. The summed E-state index contributed by atoms with van der Waals surface area (Å²) >= 11 is 8.63. The molecular formula is C23H15BrN2O3S. The van der Waals surface area contributed by atoms with E-state index in [0.29, 0.717) is 17.2 Å². The Morgan fingerprint density at radius 3 is 2.30 bits per heavy atom. The van der Waals surface area contributed by atoms with E-state index in [-0.39, 0.29) is 10.7 Å². The van der Waals surface area contributed by atoms with Gasteiger partial charge >= 0.3 is 0 Å². The number of halogens is 1. The van der Waals surface area contributed by atoms with Crippen LogP contribution in [0.15, 0.2) is 88.9 Å². The van der Waals surface area contributed by atoms with E-state index in [1.54, 1.807) is 30.3 Å². The van der Waals surface area contributed by atoms with Gasteiger partial charge in [-0.05, 0) is 72.4 Å². The van der Waals surface area contributed by atoms with Crippen LogP contribution in [0.2, 0.25) is 0 Å². The van der Waals surface area contributed by atoms with Crippen molar-refractivity contribution in [3.8, 4) is 11.5 Å². The summed E-state index contributed by atoms with van der Waals surface area (Å²) in [6.45, 7) is 0. The summed E-state index contributed by atoms with van der Waals surface area (Å²) < 4.78 is 6.63. The molecule has 1 saturated heterocycles. The maximum absolute atomic E-state index is 13.1. The number of thiocarbonyl (C=S) groups is 1. The van der Waals surface area contributed by atoms with Crippen molar-refractivity contribution in [1.82, 2.24) is 5.32 Å². The molecule has 0 aromatic heterocycles. The number of hydrogen-bond acceptors (Lipinski definition) is 4. The zero-order valence-corrected chi connectivity index (χ0v) is 17.9. The molecule has 0 saturated carbocycles. The maximum Gasteiger partial charge on any atom is 0.270 e. The van der Waals surface area contributed by atoms with E-state index in [9.17, 15) is 9.59 Å². The molecule has 1 aliphatic heterocycles. The second-order valence-corrected chi connectivity index (χ2v) is 7.72. The third kappa shape index (κ3) is 4.32. The summed E-state index contributed by atoms with van der Waals surface area (Å²) in [5.41, 5.74) is 1.26. The van der Waals surface area contributed by atoms with Gasteiger partial charge in [-0.2, -0.15) is 0 Å². The molecule has 2 amide bonds. The minimum absolute atomic E-state index is 0.00584. The van der Waals surface area contributed by atoms with Crippen LogP contribution in [0.4, 0.5) is 5.69 Å². The first-order valence-corrected chi connectivity index (χ1v) is 10.2. The lowest BCUT2D eigenvalue weighted by Crippen LogP contribution is -2.54. The topological polar surface area (TPSA) is 58.6 Å². The van der Waals surface area contributed by atoms with Crippen LogP contribution in [-0.2, 0) is 9.59 Å². The third-order valence-corrected chi connectivity index (χ3v) is 5.11. The SMILES string of the molecule is O=C1NC(=S)N(c2ccc(Oc3ccccc3)cc2)C(=O)C1=Cc1cccc(Br)c1. The smallest absolute Gasteiger partial charge is 0.270 e. The number of nitrogens with one attached hydrogen (secondary N) is 1. The Hall–Kier alpha value is -3.29. The van der Waals surface area contributed by atoms with E-state index in [1.165, 1.54) is 4.90 Å². The first-order valence-electron chi connectivity index (χ1n) is 9.01. The van der Waals surface area contributed by atoms with E-state index < -0.39 is 11.8 Å². The van der Waals surface area contributed by atoms with Crippen LogP contribution in [-0.4, -0.2) is 16.9 Å². The van der Waals surface area contributed by atoms with Crippen LogP contribution in [0.1, 0.15) is 5.56 Å². The van der Waals surface area contributed by atoms with Crippen molar-refractivity contribution in [1.29, 1.82) is 0 Å². The summed E-state index contributed by atoms with van der Waals surface area (Å²) in [6, 6.07) is 23.6. The number of carbonyl (C=O) groups is 2. The molecule has 0 atom stereocenters. The Balaban J connectivity index is 1.60. The number of anilines is 1. The molecule has 4 rings (SSSR count). The lowest BCUT2D eigenvalue weighted by Gasteiger charge is -2.29. The Morgan fingerprint density at radius 2 is 1.60 bits per heavy atom. The molecule has 1 heterocycles. The number of rotatable bonds is 4. The van der Waals surface area contributed by atoms with Crippen molar-refractivity contribution in [2.75, 3.05) is 4.90 Å². The van der Waals surface area contributed by atoms with Gasteiger partial charge in [-0.3, -0.25) is 19.8 Å².